The van der Waals surface area contributed by atoms with Gasteiger partial charge in [-0.25, -0.2) is 4.98 Å². The van der Waals surface area contributed by atoms with E-state index in [4.69, 9.17) is 0 Å². The van der Waals surface area contributed by atoms with Gasteiger partial charge in [-0.05, 0) is 38.0 Å². The van der Waals surface area contributed by atoms with Crippen LogP contribution in [0, 0.1) is 18.8 Å². The molecule has 0 bridgehead atoms. The maximum atomic E-state index is 4.66. The lowest BCUT2D eigenvalue weighted by molar-refractivity contribution is 0.0998. The van der Waals surface area contributed by atoms with Crippen LogP contribution in [0.3, 0.4) is 0 Å². The van der Waals surface area contributed by atoms with E-state index >= 15 is 0 Å². The van der Waals surface area contributed by atoms with Gasteiger partial charge in [-0.3, -0.25) is 4.90 Å². The minimum absolute atomic E-state index is 0.675. The zero-order chi connectivity index (χ0) is 14.1. The van der Waals surface area contributed by atoms with Crippen LogP contribution in [-0.4, -0.2) is 35.1 Å². The van der Waals surface area contributed by atoms with Gasteiger partial charge in [-0.1, -0.05) is 13.8 Å². The molecule has 3 rings (SSSR count). The summed E-state index contributed by atoms with van der Waals surface area (Å²) in [7, 11) is 0. The molecule has 1 saturated heterocycles. The molecular formula is C16H27N3S. The molecule has 1 saturated carbocycles. The number of thiazole rings is 1. The Labute approximate surface area is 126 Å². The first-order chi connectivity index (χ1) is 9.61. The highest BCUT2D eigenvalue weighted by atomic mass is 32.1. The summed E-state index contributed by atoms with van der Waals surface area (Å²) in [6.07, 6.45) is 4.14. The monoisotopic (exact) mass is 293 g/mol. The molecule has 112 valence electrons. The molecule has 2 aliphatic rings. The summed E-state index contributed by atoms with van der Waals surface area (Å²) in [5.41, 5.74) is 1.17. The average molecular weight is 293 g/mol. The molecule has 2 fully saturated rings. The molecule has 2 atom stereocenters. The summed E-state index contributed by atoms with van der Waals surface area (Å²) < 4.78 is 0. The Kier molecular flexibility index (Phi) is 4.43. The van der Waals surface area contributed by atoms with Crippen molar-refractivity contribution in [3.8, 4) is 0 Å². The van der Waals surface area contributed by atoms with Crippen LogP contribution in [0.25, 0.3) is 0 Å². The average Bonchev–Trinajstić information content (AvgIpc) is 3.15. The summed E-state index contributed by atoms with van der Waals surface area (Å²) in [4.78, 5) is 7.35. The number of nitrogens with zero attached hydrogens (tertiary/aromatic N) is 2. The van der Waals surface area contributed by atoms with Crippen molar-refractivity contribution >= 4 is 11.3 Å². The highest BCUT2D eigenvalue weighted by Crippen LogP contribution is 2.35. The van der Waals surface area contributed by atoms with Crippen LogP contribution in [0.2, 0.25) is 0 Å². The predicted molar refractivity (Wildman–Crippen MR) is 85.0 cm³/mol. The van der Waals surface area contributed by atoms with Gasteiger partial charge in [0.25, 0.3) is 0 Å². The van der Waals surface area contributed by atoms with Crippen LogP contribution in [0.15, 0.2) is 5.38 Å². The highest BCUT2D eigenvalue weighted by Gasteiger charge is 2.37. The first-order valence-corrected chi connectivity index (χ1v) is 8.88. The summed E-state index contributed by atoms with van der Waals surface area (Å²) in [6.45, 7) is 10.2. The zero-order valence-electron chi connectivity index (χ0n) is 12.9. The fraction of sp³-hybridized carbons (Fsp3) is 0.812. The first kappa shape index (κ1) is 14.5. The molecule has 1 aromatic heterocycles. The van der Waals surface area contributed by atoms with E-state index in [-0.39, 0.29) is 0 Å². The van der Waals surface area contributed by atoms with Crippen molar-refractivity contribution in [3.63, 3.8) is 0 Å². The van der Waals surface area contributed by atoms with Gasteiger partial charge in [-0.15, -0.1) is 11.3 Å². The Morgan fingerprint density at radius 2 is 2.25 bits per heavy atom. The number of nitrogens with one attached hydrogen (secondary N) is 1. The van der Waals surface area contributed by atoms with Crippen molar-refractivity contribution in [2.75, 3.05) is 13.1 Å². The Hall–Kier alpha value is -0.450. The molecule has 0 amide bonds. The van der Waals surface area contributed by atoms with E-state index in [9.17, 15) is 0 Å². The number of hydrogen-bond donors (Lipinski definition) is 1. The molecule has 0 aromatic carbocycles. The van der Waals surface area contributed by atoms with E-state index in [1.807, 2.05) is 11.3 Å². The second kappa shape index (κ2) is 6.12. The Bertz CT molecular complexity index is 439. The lowest BCUT2D eigenvalue weighted by atomic mass is 9.98. The van der Waals surface area contributed by atoms with E-state index in [0.717, 1.165) is 31.0 Å². The van der Waals surface area contributed by atoms with Gasteiger partial charge in [0.1, 0.15) is 5.01 Å². The van der Waals surface area contributed by atoms with E-state index < -0.39 is 0 Å². The third-order valence-electron chi connectivity index (χ3n) is 4.50. The SMILES string of the molecule is Cc1csc(CN2CC(C3CC3)NCC2CC(C)C)n1. The molecule has 0 radical (unpaired) electrons. The number of piperazine rings is 1. The highest BCUT2D eigenvalue weighted by molar-refractivity contribution is 7.09. The summed E-state index contributed by atoms with van der Waals surface area (Å²) >= 11 is 1.82. The molecule has 2 heterocycles. The van der Waals surface area contributed by atoms with Crippen LogP contribution >= 0.6 is 11.3 Å². The Morgan fingerprint density at radius 3 is 2.85 bits per heavy atom. The van der Waals surface area contributed by atoms with Crippen molar-refractivity contribution in [2.24, 2.45) is 11.8 Å². The fourth-order valence-corrected chi connectivity index (χ4v) is 4.11. The van der Waals surface area contributed by atoms with Gasteiger partial charge in [0.2, 0.25) is 0 Å². The van der Waals surface area contributed by atoms with E-state index in [1.54, 1.807) is 0 Å². The fourth-order valence-electron chi connectivity index (χ4n) is 3.32. The number of aromatic nitrogens is 1. The predicted octanol–water partition coefficient (Wildman–Crippen LogP) is 3.05. The molecule has 1 aromatic rings. The second-order valence-corrected chi connectivity index (χ2v) is 7.89. The molecule has 2 unspecified atom stereocenters. The first-order valence-electron chi connectivity index (χ1n) is 8.00. The van der Waals surface area contributed by atoms with Gasteiger partial charge in [0, 0.05) is 36.2 Å². The molecule has 1 aliphatic carbocycles. The maximum absolute atomic E-state index is 4.66. The van der Waals surface area contributed by atoms with E-state index in [2.05, 4.69) is 41.4 Å². The third kappa shape index (κ3) is 3.60. The van der Waals surface area contributed by atoms with Gasteiger partial charge in [0.15, 0.2) is 0 Å². The minimum Gasteiger partial charge on any atom is -0.311 e. The van der Waals surface area contributed by atoms with E-state index in [0.29, 0.717) is 6.04 Å². The van der Waals surface area contributed by atoms with Crippen molar-refractivity contribution in [2.45, 2.75) is 58.7 Å². The van der Waals surface area contributed by atoms with Crippen LogP contribution < -0.4 is 5.32 Å². The van der Waals surface area contributed by atoms with Crippen LogP contribution in [0.5, 0.6) is 0 Å². The molecular weight excluding hydrogens is 266 g/mol. The topological polar surface area (TPSA) is 28.2 Å². The summed E-state index contributed by atoms with van der Waals surface area (Å²) in [6, 6.07) is 1.40. The summed E-state index contributed by atoms with van der Waals surface area (Å²) in [5.74, 6) is 1.70. The van der Waals surface area contributed by atoms with Gasteiger partial charge in [-0.2, -0.15) is 0 Å². The lowest BCUT2D eigenvalue weighted by Gasteiger charge is -2.41. The van der Waals surface area contributed by atoms with Crippen LogP contribution in [-0.2, 0) is 6.54 Å². The normalized spacial score (nSPS) is 28.2. The van der Waals surface area contributed by atoms with Gasteiger partial charge in [0.05, 0.1) is 6.54 Å². The smallest absolute Gasteiger partial charge is 0.107 e. The van der Waals surface area contributed by atoms with Crippen LogP contribution in [0.4, 0.5) is 0 Å². The molecule has 1 aliphatic heterocycles. The Balaban J connectivity index is 1.66. The molecule has 0 spiro atoms. The Morgan fingerprint density at radius 1 is 1.45 bits per heavy atom. The van der Waals surface area contributed by atoms with Crippen molar-refractivity contribution < 1.29 is 0 Å². The standard InChI is InChI=1S/C16H27N3S/c1-11(2)6-14-7-17-15(13-4-5-13)8-19(14)9-16-18-12(3)10-20-16/h10-11,13-15,17H,4-9H2,1-3H3. The quantitative estimate of drug-likeness (QED) is 0.904. The number of rotatable bonds is 5. The van der Waals surface area contributed by atoms with Crippen molar-refractivity contribution in [1.82, 2.24) is 15.2 Å². The van der Waals surface area contributed by atoms with Gasteiger partial charge < -0.3 is 5.32 Å². The minimum atomic E-state index is 0.675. The second-order valence-electron chi connectivity index (χ2n) is 6.95. The molecule has 4 heteroatoms. The molecule has 3 nitrogen and oxygen atoms in total. The zero-order valence-corrected chi connectivity index (χ0v) is 13.7. The lowest BCUT2D eigenvalue weighted by Crippen LogP contribution is -2.57. The van der Waals surface area contributed by atoms with E-state index in [1.165, 1.54) is 36.5 Å². The molecule has 1 N–H and O–H groups in total. The summed E-state index contributed by atoms with van der Waals surface area (Å²) in [5, 5.41) is 7.26. The number of hydrogen-bond acceptors (Lipinski definition) is 4. The van der Waals surface area contributed by atoms with Crippen LogP contribution in [0.1, 0.15) is 43.8 Å². The van der Waals surface area contributed by atoms with Crippen molar-refractivity contribution in [3.05, 3.63) is 16.1 Å². The largest absolute Gasteiger partial charge is 0.311 e. The third-order valence-corrected chi connectivity index (χ3v) is 5.45. The maximum Gasteiger partial charge on any atom is 0.107 e. The van der Waals surface area contributed by atoms with Gasteiger partial charge >= 0.3 is 0 Å². The molecule has 20 heavy (non-hydrogen) atoms. The number of aryl methyl sites for hydroxylation is 1. The van der Waals surface area contributed by atoms with Crippen molar-refractivity contribution in [1.29, 1.82) is 0 Å².